The van der Waals surface area contributed by atoms with Gasteiger partial charge in [0.2, 0.25) is 0 Å². The minimum atomic E-state index is 0.680. The van der Waals surface area contributed by atoms with Gasteiger partial charge in [0.1, 0.15) is 0 Å². The van der Waals surface area contributed by atoms with Gasteiger partial charge in [-0.1, -0.05) is 0 Å². The lowest BCUT2D eigenvalue weighted by molar-refractivity contribution is 0.0699. The van der Waals surface area contributed by atoms with Crippen LogP contribution in [0.2, 0.25) is 0 Å². The van der Waals surface area contributed by atoms with Crippen LogP contribution in [0, 0.1) is 5.92 Å². The zero-order chi connectivity index (χ0) is 12.9. The molecule has 0 aromatic carbocycles. The van der Waals surface area contributed by atoms with Crippen molar-refractivity contribution >= 4 is 5.69 Å². The van der Waals surface area contributed by atoms with Crippen molar-refractivity contribution in [2.45, 2.75) is 12.8 Å². The van der Waals surface area contributed by atoms with Gasteiger partial charge in [-0.25, -0.2) is 9.67 Å². The number of hydrogen-bond acceptors (Lipinski definition) is 4. The molecule has 100 valence electrons. The molecule has 0 unspecified atom stereocenters. The minimum absolute atomic E-state index is 0.680. The topological polar surface area (TPSA) is 52.0 Å². The third-order valence-electron chi connectivity index (χ3n) is 3.43. The summed E-state index contributed by atoms with van der Waals surface area (Å²) in [6, 6.07) is 5.89. The van der Waals surface area contributed by atoms with Gasteiger partial charge in [0.05, 0.1) is 5.69 Å². The number of aromatic nitrogens is 3. The second kappa shape index (κ2) is 5.84. The Kier molecular flexibility index (Phi) is 3.74. The Morgan fingerprint density at radius 2 is 2.16 bits per heavy atom. The largest absolute Gasteiger partial charge is 0.382 e. The summed E-state index contributed by atoms with van der Waals surface area (Å²) in [6.07, 6.45) is 7.71. The Hall–Kier alpha value is -1.88. The van der Waals surface area contributed by atoms with E-state index in [0.717, 1.165) is 44.1 Å². The summed E-state index contributed by atoms with van der Waals surface area (Å²) in [7, 11) is 0. The van der Waals surface area contributed by atoms with E-state index in [9.17, 15) is 0 Å². The van der Waals surface area contributed by atoms with Crippen molar-refractivity contribution < 1.29 is 4.74 Å². The van der Waals surface area contributed by atoms with E-state index in [1.165, 1.54) is 0 Å². The van der Waals surface area contributed by atoms with E-state index in [1.807, 2.05) is 24.4 Å². The average Bonchev–Trinajstić information content (AvgIpc) is 3.01. The van der Waals surface area contributed by atoms with Crippen molar-refractivity contribution in [1.82, 2.24) is 14.8 Å². The molecule has 0 bridgehead atoms. The molecule has 0 spiro atoms. The van der Waals surface area contributed by atoms with Gasteiger partial charge in [-0.3, -0.25) is 0 Å². The van der Waals surface area contributed by atoms with E-state index in [4.69, 9.17) is 4.74 Å². The zero-order valence-corrected chi connectivity index (χ0v) is 10.8. The molecular formula is C14H18N4O. The smallest absolute Gasteiger partial charge is 0.176 e. The van der Waals surface area contributed by atoms with Gasteiger partial charge in [-0.05, 0) is 37.0 Å². The van der Waals surface area contributed by atoms with Crippen LogP contribution in [0.15, 0.2) is 36.8 Å². The number of ether oxygens (including phenoxy) is 1. The summed E-state index contributed by atoms with van der Waals surface area (Å²) >= 11 is 0. The Bertz CT molecular complexity index is 506. The molecule has 2 aromatic rings. The summed E-state index contributed by atoms with van der Waals surface area (Å²) in [4.78, 5) is 4.40. The fourth-order valence-electron chi connectivity index (χ4n) is 2.32. The fraction of sp³-hybridized carbons (Fsp3) is 0.429. The highest BCUT2D eigenvalue weighted by atomic mass is 16.5. The summed E-state index contributed by atoms with van der Waals surface area (Å²) in [6.45, 7) is 2.72. The summed E-state index contributed by atoms with van der Waals surface area (Å²) in [5.41, 5.74) is 1.03. The fourth-order valence-corrected chi connectivity index (χ4v) is 2.32. The minimum Gasteiger partial charge on any atom is -0.382 e. The summed E-state index contributed by atoms with van der Waals surface area (Å²) in [5, 5.41) is 7.73. The van der Waals surface area contributed by atoms with Crippen molar-refractivity contribution in [3.05, 3.63) is 36.8 Å². The lowest BCUT2D eigenvalue weighted by atomic mass is 10.0. The molecule has 0 saturated carbocycles. The molecule has 19 heavy (non-hydrogen) atoms. The first-order valence-corrected chi connectivity index (χ1v) is 6.70. The van der Waals surface area contributed by atoms with Gasteiger partial charge >= 0.3 is 0 Å². The lowest BCUT2D eigenvalue weighted by Gasteiger charge is -2.23. The van der Waals surface area contributed by atoms with Crippen molar-refractivity contribution in [2.75, 3.05) is 25.1 Å². The molecule has 0 aliphatic carbocycles. The second-order valence-electron chi connectivity index (χ2n) is 4.76. The van der Waals surface area contributed by atoms with E-state index in [-0.39, 0.29) is 0 Å². The third kappa shape index (κ3) is 2.93. The quantitative estimate of drug-likeness (QED) is 0.912. The predicted molar refractivity (Wildman–Crippen MR) is 73.4 cm³/mol. The predicted octanol–water partition coefficient (Wildman–Crippen LogP) is 2.11. The van der Waals surface area contributed by atoms with Crippen molar-refractivity contribution in [3.63, 3.8) is 0 Å². The van der Waals surface area contributed by atoms with Crippen molar-refractivity contribution in [1.29, 1.82) is 0 Å². The third-order valence-corrected chi connectivity index (χ3v) is 3.43. The van der Waals surface area contributed by atoms with Crippen LogP contribution in [0.4, 0.5) is 5.69 Å². The van der Waals surface area contributed by atoms with Crippen LogP contribution in [0.5, 0.6) is 0 Å². The van der Waals surface area contributed by atoms with Crippen LogP contribution in [-0.2, 0) is 4.74 Å². The van der Waals surface area contributed by atoms with E-state index in [2.05, 4.69) is 15.4 Å². The molecule has 1 N–H and O–H groups in total. The summed E-state index contributed by atoms with van der Waals surface area (Å²) in [5.74, 6) is 1.53. The standard InChI is InChI=1S/C14H18N4O/c1-3-13(16-11-12-4-9-19-10-5-12)14(15-6-1)18-8-2-7-17-18/h1-3,6-8,12,16H,4-5,9-11H2. The zero-order valence-electron chi connectivity index (χ0n) is 10.8. The van der Waals surface area contributed by atoms with Crippen molar-refractivity contribution in [3.8, 4) is 5.82 Å². The number of nitrogens with one attached hydrogen (secondary N) is 1. The molecule has 5 nitrogen and oxygen atoms in total. The van der Waals surface area contributed by atoms with Crippen LogP contribution in [0.3, 0.4) is 0 Å². The first-order chi connectivity index (χ1) is 9.43. The highest BCUT2D eigenvalue weighted by molar-refractivity contribution is 5.56. The molecule has 3 rings (SSSR count). The normalized spacial score (nSPS) is 16.4. The Balaban J connectivity index is 1.70. The highest BCUT2D eigenvalue weighted by Gasteiger charge is 2.14. The molecule has 1 aliphatic rings. The number of rotatable bonds is 4. The Morgan fingerprint density at radius 1 is 1.26 bits per heavy atom. The molecule has 5 heteroatoms. The summed E-state index contributed by atoms with van der Waals surface area (Å²) < 4.78 is 7.16. The van der Waals surface area contributed by atoms with Crippen LogP contribution in [0.25, 0.3) is 5.82 Å². The van der Waals surface area contributed by atoms with Gasteiger partial charge in [-0.2, -0.15) is 5.10 Å². The van der Waals surface area contributed by atoms with E-state index in [0.29, 0.717) is 5.92 Å². The Labute approximate surface area is 112 Å². The van der Waals surface area contributed by atoms with E-state index >= 15 is 0 Å². The molecule has 3 heterocycles. The van der Waals surface area contributed by atoms with Gasteiger partial charge < -0.3 is 10.1 Å². The maximum absolute atomic E-state index is 5.38. The first-order valence-electron chi connectivity index (χ1n) is 6.70. The molecule has 1 fully saturated rings. The number of anilines is 1. The molecule has 1 aliphatic heterocycles. The molecule has 0 atom stereocenters. The maximum atomic E-state index is 5.38. The highest BCUT2D eigenvalue weighted by Crippen LogP contribution is 2.19. The molecular weight excluding hydrogens is 240 g/mol. The number of pyridine rings is 1. The monoisotopic (exact) mass is 258 g/mol. The lowest BCUT2D eigenvalue weighted by Crippen LogP contribution is -2.23. The van der Waals surface area contributed by atoms with Crippen LogP contribution in [-0.4, -0.2) is 34.5 Å². The Morgan fingerprint density at radius 3 is 2.95 bits per heavy atom. The van der Waals surface area contributed by atoms with Crippen LogP contribution >= 0.6 is 0 Å². The van der Waals surface area contributed by atoms with Gasteiger partial charge in [0.25, 0.3) is 0 Å². The van der Waals surface area contributed by atoms with E-state index < -0.39 is 0 Å². The van der Waals surface area contributed by atoms with Gasteiger partial charge in [0.15, 0.2) is 5.82 Å². The molecule has 2 aromatic heterocycles. The molecule has 0 amide bonds. The first kappa shape index (κ1) is 12.2. The van der Waals surface area contributed by atoms with Gasteiger partial charge in [-0.15, -0.1) is 0 Å². The van der Waals surface area contributed by atoms with Gasteiger partial charge in [0, 0.05) is 38.3 Å². The maximum Gasteiger partial charge on any atom is 0.176 e. The number of nitrogens with zero attached hydrogens (tertiary/aromatic N) is 3. The molecule has 0 radical (unpaired) electrons. The van der Waals surface area contributed by atoms with E-state index in [1.54, 1.807) is 17.1 Å². The SMILES string of the molecule is c1cnc(-n2cccn2)c(NCC2CCOCC2)c1. The molecule has 1 saturated heterocycles. The van der Waals surface area contributed by atoms with Crippen LogP contribution < -0.4 is 5.32 Å². The number of hydrogen-bond donors (Lipinski definition) is 1. The van der Waals surface area contributed by atoms with Crippen LogP contribution in [0.1, 0.15) is 12.8 Å². The average molecular weight is 258 g/mol. The van der Waals surface area contributed by atoms with Crippen molar-refractivity contribution in [2.24, 2.45) is 5.92 Å². The second-order valence-corrected chi connectivity index (χ2v) is 4.76.